The lowest BCUT2D eigenvalue weighted by Crippen LogP contribution is -2.49. The third-order valence-corrected chi connectivity index (χ3v) is 2.57. The third kappa shape index (κ3) is 3.64. The molecule has 1 fully saturated rings. The average molecular weight is 199 g/mol. The van der Waals surface area contributed by atoms with E-state index in [1.54, 1.807) is 0 Å². The summed E-state index contributed by atoms with van der Waals surface area (Å²) in [4.78, 5) is 11.4. The van der Waals surface area contributed by atoms with Crippen molar-refractivity contribution >= 4 is 5.91 Å². The highest BCUT2D eigenvalue weighted by Crippen LogP contribution is 2.02. The van der Waals surface area contributed by atoms with Gasteiger partial charge in [0, 0.05) is 12.6 Å². The van der Waals surface area contributed by atoms with Crippen molar-refractivity contribution in [3.8, 4) is 0 Å². The molecule has 0 aromatic rings. The summed E-state index contributed by atoms with van der Waals surface area (Å²) < 4.78 is 0. The van der Waals surface area contributed by atoms with E-state index < -0.39 is 0 Å². The fourth-order valence-corrected chi connectivity index (χ4v) is 1.75. The van der Waals surface area contributed by atoms with Gasteiger partial charge in [0.1, 0.15) is 0 Å². The maximum atomic E-state index is 11.4. The molecule has 1 atom stereocenters. The molecule has 0 radical (unpaired) electrons. The predicted molar refractivity (Wildman–Crippen MR) is 57.2 cm³/mol. The number of nitrogens with one attached hydrogen (secondary N) is 3. The summed E-state index contributed by atoms with van der Waals surface area (Å²) in [5.74, 6) is 0.103. The number of carbonyl (C=O) groups is 1. The summed E-state index contributed by atoms with van der Waals surface area (Å²) >= 11 is 0. The Kier molecular flexibility index (Phi) is 4.90. The van der Waals surface area contributed by atoms with Crippen molar-refractivity contribution in [3.05, 3.63) is 0 Å². The number of hydrogen-bond acceptors (Lipinski definition) is 3. The summed E-state index contributed by atoms with van der Waals surface area (Å²) in [5, 5.41) is 9.47. The van der Waals surface area contributed by atoms with E-state index in [1.165, 1.54) is 0 Å². The highest BCUT2D eigenvalue weighted by molar-refractivity contribution is 5.81. The fraction of sp³-hybridized carbons (Fsp3) is 0.900. The van der Waals surface area contributed by atoms with Gasteiger partial charge in [0.15, 0.2) is 0 Å². The van der Waals surface area contributed by atoms with Crippen molar-refractivity contribution in [2.75, 3.05) is 19.6 Å². The molecule has 1 saturated heterocycles. The number of hydrogen-bond donors (Lipinski definition) is 3. The van der Waals surface area contributed by atoms with Gasteiger partial charge < -0.3 is 16.0 Å². The first-order valence-electron chi connectivity index (χ1n) is 5.48. The Labute approximate surface area is 85.8 Å². The van der Waals surface area contributed by atoms with Crippen LogP contribution in [0.1, 0.15) is 26.7 Å². The smallest absolute Gasteiger partial charge is 0.236 e. The minimum absolute atomic E-state index is 0.0713. The van der Waals surface area contributed by atoms with E-state index in [1.807, 2.05) is 13.8 Å². The van der Waals surface area contributed by atoms with Gasteiger partial charge in [-0.15, -0.1) is 0 Å². The van der Waals surface area contributed by atoms with Crippen LogP contribution in [0.5, 0.6) is 0 Å². The normalized spacial score (nSPS) is 20.4. The van der Waals surface area contributed by atoms with Crippen molar-refractivity contribution in [2.45, 2.75) is 38.8 Å². The highest BCUT2D eigenvalue weighted by Gasteiger charge is 2.18. The number of amides is 1. The van der Waals surface area contributed by atoms with Crippen LogP contribution in [-0.4, -0.2) is 37.6 Å². The molecule has 1 amide bonds. The lowest BCUT2D eigenvalue weighted by Gasteiger charge is -2.26. The maximum absolute atomic E-state index is 11.4. The maximum Gasteiger partial charge on any atom is 0.236 e. The van der Waals surface area contributed by atoms with Gasteiger partial charge in [0.2, 0.25) is 5.91 Å². The summed E-state index contributed by atoms with van der Waals surface area (Å²) in [6, 6.07) is 0.423. The van der Waals surface area contributed by atoms with Crippen LogP contribution in [0, 0.1) is 0 Å². The Bertz CT molecular complexity index is 178. The van der Waals surface area contributed by atoms with Gasteiger partial charge in [-0.25, -0.2) is 0 Å². The highest BCUT2D eigenvalue weighted by atomic mass is 16.2. The van der Waals surface area contributed by atoms with Crippen LogP contribution in [0.4, 0.5) is 0 Å². The molecule has 1 heterocycles. The Morgan fingerprint density at radius 2 is 2.14 bits per heavy atom. The van der Waals surface area contributed by atoms with E-state index in [0.29, 0.717) is 12.6 Å². The fourth-order valence-electron chi connectivity index (χ4n) is 1.75. The van der Waals surface area contributed by atoms with Crippen LogP contribution < -0.4 is 16.0 Å². The molecule has 0 saturated carbocycles. The van der Waals surface area contributed by atoms with Gasteiger partial charge in [-0.2, -0.15) is 0 Å². The molecule has 4 nitrogen and oxygen atoms in total. The molecule has 3 N–H and O–H groups in total. The van der Waals surface area contributed by atoms with E-state index in [9.17, 15) is 4.79 Å². The van der Waals surface area contributed by atoms with Crippen LogP contribution >= 0.6 is 0 Å². The molecule has 82 valence electrons. The van der Waals surface area contributed by atoms with Crippen LogP contribution in [0.25, 0.3) is 0 Å². The molecular weight excluding hydrogens is 178 g/mol. The first-order valence-corrected chi connectivity index (χ1v) is 5.48. The zero-order chi connectivity index (χ0) is 10.4. The van der Waals surface area contributed by atoms with Gasteiger partial charge in [-0.1, -0.05) is 0 Å². The van der Waals surface area contributed by atoms with Crippen molar-refractivity contribution in [1.29, 1.82) is 0 Å². The minimum Gasteiger partial charge on any atom is -0.355 e. The van der Waals surface area contributed by atoms with Gasteiger partial charge in [0.25, 0.3) is 0 Å². The third-order valence-electron chi connectivity index (χ3n) is 2.57. The molecule has 0 aliphatic carbocycles. The second-order valence-electron chi connectivity index (χ2n) is 3.81. The van der Waals surface area contributed by atoms with Crippen LogP contribution in [-0.2, 0) is 4.79 Å². The Balaban J connectivity index is 2.24. The van der Waals surface area contributed by atoms with E-state index in [4.69, 9.17) is 0 Å². The standard InChI is InChI=1S/C10H21N3O/c1-3-12-10(14)8(2)13-9-4-6-11-7-5-9/h8-9,11,13H,3-7H2,1-2H3,(H,12,14). The van der Waals surface area contributed by atoms with Gasteiger partial charge in [-0.05, 0) is 39.8 Å². The Morgan fingerprint density at radius 1 is 1.50 bits per heavy atom. The molecule has 14 heavy (non-hydrogen) atoms. The predicted octanol–water partition coefficient (Wildman–Crippen LogP) is -0.147. The molecule has 0 spiro atoms. The monoisotopic (exact) mass is 199 g/mol. The van der Waals surface area contributed by atoms with E-state index >= 15 is 0 Å². The molecule has 4 heteroatoms. The second-order valence-corrected chi connectivity index (χ2v) is 3.81. The molecule has 0 bridgehead atoms. The lowest BCUT2D eigenvalue weighted by molar-refractivity contribution is -0.122. The summed E-state index contributed by atoms with van der Waals surface area (Å²) in [7, 11) is 0. The lowest BCUT2D eigenvalue weighted by atomic mass is 10.1. The van der Waals surface area contributed by atoms with Crippen molar-refractivity contribution < 1.29 is 4.79 Å². The number of piperidine rings is 1. The zero-order valence-electron chi connectivity index (χ0n) is 9.10. The van der Waals surface area contributed by atoms with E-state index in [0.717, 1.165) is 25.9 Å². The van der Waals surface area contributed by atoms with Crippen molar-refractivity contribution in [3.63, 3.8) is 0 Å². The summed E-state index contributed by atoms with van der Waals surface area (Å²) in [5.41, 5.74) is 0. The SMILES string of the molecule is CCNC(=O)C(C)NC1CCNCC1. The number of rotatable bonds is 4. The van der Waals surface area contributed by atoms with Crippen LogP contribution in [0.3, 0.4) is 0 Å². The molecule has 0 aromatic carbocycles. The van der Waals surface area contributed by atoms with Crippen molar-refractivity contribution in [1.82, 2.24) is 16.0 Å². The molecular formula is C10H21N3O. The molecule has 1 rings (SSSR count). The quantitative estimate of drug-likeness (QED) is 0.590. The number of likely N-dealkylation sites (N-methyl/N-ethyl adjacent to an activating group) is 1. The van der Waals surface area contributed by atoms with Gasteiger partial charge in [0.05, 0.1) is 6.04 Å². The summed E-state index contributed by atoms with van der Waals surface area (Å²) in [6.07, 6.45) is 2.23. The van der Waals surface area contributed by atoms with E-state index in [2.05, 4.69) is 16.0 Å². The van der Waals surface area contributed by atoms with Crippen molar-refractivity contribution in [2.24, 2.45) is 0 Å². The molecule has 0 aromatic heterocycles. The molecule has 1 aliphatic rings. The largest absolute Gasteiger partial charge is 0.355 e. The summed E-state index contributed by atoms with van der Waals surface area (Å²) in [6.45, 7) is 6.68. The van der Waals surface area contributed by atoms with E-state index in [-0.39, 0.29) is 11.9 Å². The zero-order valence-corrected chi connectivity index (χ0v) is 9.10. The van der Waals surface area contributed by atoms with Gasteiger partial charge in [-0.3, -0.25) is 4.79 Å². The molecule has 1 unspecified atom stereocenters. The van der Waals surface area contributed by atoms with Gasteiger partial charge >= 0.3 is 0 Å². The Morgan fingerprint density at radius 3 is 2.71 bits per heavy atom. The second kappa shape index (κ2) is 5.98. The Hall–Kier alpha value is -0.610. The minimum atomic E-state index is -0.0713. The number of carbonyl (C=O) groups excluding carboxylic acids is 1. The topological polar surface area (TPSA) is 53.2 Å². The van der Waals surface area contributed by atoms with Crippen LogP contribution in [0.15, 0.2) is 0 Å². The first kappa shape index (κ1) is 11.5. The van der Waals surface area contributed by atoms with Crippen LogP contribution in [0.2, 0.25) is 0 Å². The molecule has 1 aliphatic heterocycles. The average Bonchev–Trinajstić information content (AvgIpc) is 2.19. The first-order chi connectivity index (χ1) is 6.74.